The van der Waals surface area contributed by atoms with Crippen molar-refractivity contribution in [2.45, 2.75) is 39.8 Å². The zero-order valence-corrected chi connectivity index (χ0v) is 15.7. The van der Waals surface area contributed by atoms with Gasteiger partial charge in [0.15, 0.2) is 17.6 Å². The number of fused-ring (bicyclic) bond motifs is 1. The van der Waals surface area contributed by atoms with Crippen molar-refractivity contribution in [1.82, 2.24) is 5.32 Å². The second-order valence-corrected chi connectivity index (χ2v) is 6.64. The minimum absolute atomic E-state index is 0.161. The predicted octanol–water partition coefficient (Wildman–Crippen LogP) is 3.72. The van der Waals surface area contributed by atoms with Crippen molar-refractivity contribution in [1.29, 1.82) is 0 Å². The van der Waals surface area contributed by atoms with E-state index in [1.165, 1.54) is 5.56 Å². The summed E-state index contributed by atoms with van der Waals surface area (Å²) in [6, 6.07) is 11.4. The Hall–Kier alpha value is -2.69. The van der Waals surface area contributed by atoms with Gasteiger partial charge in [-0.15, -0.1) is 0 Å². The van der Waals surface area contributed by atoms with Gasteiger partial charge < -0.3 is 19.5 Å². The van der Waals surface area contributed by atoms with Gasteiger partial charge in [-0.25, -0.2) is 0 Å². The highest BCUT2D eigenvalue weighted by atomic mass is 16.6. The summed E-state index contributed by atoms with van der Waals surface area (Å²) in [4.78, 5) is 12.5. The van der Waals surface area contributed by atoms with E-state index in [0.29, 0.717) is 24.7 Å². The second kappa shape index (κ2) is 7.68. The van der Waals surface area contributed by atoms with Crippen molar-refractivity contribution in [3.8, 4) is 17.2 Å². The van der Waals surface area contributed by atoms with E-state index in [2.05, 4.69) is 5.32 Å². The maximum atomic E-state index is 12.5. The van der Waals surface area contributed by atoms with Gasteiger partial charge in [-0.1, -0.05) is 12.1 Å². The van der Waals surface area contributed by atoms with Crippen LogP contribution in [0.5, 0.6) is 17.2 Å². The Bertz CT molecular complexity index is 803. The molecule has 0 spiro atoms. The van der Waals surface area contributed by atoms with Crippen molar-refractivity contribution in [3.05, 3.63) is 53.1 Å². The van der Waals surface area contributed by atoms with Crippen LogP contribution in [0.15, 0.2) is 36.4 Å². The van der Waals surface area contributed by atoms with Gasteiger partial charge in [-0.3, -0.25) is 4.79 Å². The third-order valence-corrected chi connectivity index (χ3v) is 4.59. The largest absolute Gasteiger partial charge is 0.486 e. The highest BCUT2D eigenvalue weighted by Crippen LogP contribution is 2.32. The maximum Gasteiger partial charge on any atom is 0.261 e. The average Bonchev–Trinajstić information content (AvgIpc) is 2.64. The van der Waals surface area contributed by atoms with Crippen LogP contribution in [0.1, 0.15) is 36.6 Å². The van der Waals surface area contributed by atoms with E-state index < -0.39 is 6.10 Å². The van der Waals surface area contributed by atoms with Crippen LogP contribution in [0.4, 0.5) is 0 Å². The number of hydrogen-bond acceptors (Lipinski definition) is 4. The van der Waals surface area contributed by atoms with Crippen molar-refractivity contribution in [3.63, 3.8) is 0 Å². The first-order valence-electron chi connectivity index (χ1n) is 8.88. The zero-order valence-electron chi connectivity index (χ0n) is 15.7. The first-order chi connectivity index (χ1) is 12.4. The summed E-state index contributed by atoms with van der Waals surface area (Å²) in [6.07, 6.45) is -0.586. The van der Waals surface area contributed by atoms with Crippen LogP contribution in [0, 0.1) is 13.8 Å². The van der Waals surface area contributed by atoms with Crippen molar-refractivity contribution in [2.75, 3.05) is 13.2 Å². The molecule has 3 rings (SSSR count). The van der Waals surface area contributed by atoms with E-state index >= 15 is 0 Å². The molecule has 5 nitrogen and oxygen atoms in total. The van der Waals surface area contributed by atoms with Gasteiger partial charge in [-0.05, 0) is 68.7 Å². The minimum atomic E-state index is -0.586. The quantitative estimate of drug-likeness (QED) is 0.888. The number of carbonyl (C=O) groups excluding carboxylic acids is 1. The molecule has 0 saturated heterocycles. The highest BCUT2D eigenvalue weighted by molar-refractivity contribution is 5.81. The monoisotopic (exact) mass is 355 g/mol. The van der Waals surface area contributed by atoms with Crippen LogP contribution >= 0.6 is 0 Å². The van der Waals surface area contributed by atoms with E-state index in [9.17, 15) is 4.79 Å². The zero-order chi connectivity index (χ0) is 18.7. The summed E-state index contributed by atoms with van der Waals surface area (Å²) in [5, 5.41) is 2.99. The van der Waals surface area contributed by atoms with Crippen LogP contribution in [-0.2, 0) is 4.79 Å². The molecule has 2 aromatic rings. The highest BCUT2D eigenvalue weighted by Gasteiger charge is 2.20. The number of ether oxygens (including phenoxy) is 3. The smallest absolute Gasteiger partial charge is 0.261 e. The lowest BCUT2D eigenvalue weighted by molar-refractivity contribution is -0.127. The fraction of sp³-hybridized carbons (Fsp3) is 0.381. The molecule has 0 aliphatic carbocycles. The lowest BCUT2D eigenvalue weighted by atomic mass is 10.1. The number of rotatable bonds is 5. The Balaban J connectivity index is 1.62. The van der Waals surface area contributed by atoms with E-state index in [1.54, 1.807) is 6.92 Å². The fourth-order valence-corrected chi connectivity index (χ4v) is 2.79. The maximum absolute atomic E-state index is 12.5. The van der Waals surface area contributed by atoms with Crippen LogP contribution in [0.3, 0.4) is 0 Å². The summed E-state index contributed by atoms with van der Waals surface area (Å²) in [5.41, 5.74) is 3.29. The Labute approximate surface area is 154 Å². The molecule has 138 valence electrons. The predicted molar refractivity (Wildman–Crippen MR) is 100.0 cm³/mol. The molecule has 0 radical (unpaired) electrons. The molecule has 0 saturated carbocycles. The standard InChI is InChI=1S/C21H25NO4/c1-13-5-7-18(11-14(13)2)26-16(4)21(23)22-15(3)17-6-8-19-20(12-17)25-10-9-24-19/h5-8,11-12,15-16H,9-10H2,1-4H3,(H,22,23)/t15-,16+/m0/s1. The summed E-state index contributed by atoms with van der Waals surface area (Å²) < 4.78 is 16.9. The lowest BCUT2D eigenvalue weighted by Crippen LogP contribution is -2.37. The topological polar surface area (TPSA) is 56.8 Å². The van der Waals surface area contributed by atoms with Crippen molar-refractivity contribution >= 4 is 5.91 Å². The lowest BCUT2D eigenvalue weighted by Gasteiger charge is -2.22. The first kappa shape index (κ1) is 18.1. The van der Waals surface area contributed by atoms with E-state index in [1.807, 2.05) is 57.2 Å². The van der Waals surface area contributed by atoms with Crippen molar-refractivity contribution < 1.29 is 19.0 Å². The number of benzene rings is 2. The van der Waals surface area contributed by atoms with Gasteiger partial charge in [0.1, 0.15) is 19.0 Å². The van der Waals surface area contributed by atoms with Gasteiger partial charge in [0.05, 0.1) is 6.04 Å². The fourth-order valence-electron chi connectivity index (χ4n) is 2.79. The molecule has 2 atom stereocenters. The van der Waals surface area contributed by atoms with Crippen LogP contribution < -0.4 is 19.5 Å². The summed E-state index contributed by atoms with van der Waals surface area (Å²) in [5.74, 6) is 1.99. The third-order valence-electron chi connectivity index (χ3n) is 4.59. The van der Waals surface area contributed by atoms with Gasteiger partial charge >= 0.3 is 0 Å². The normalized spacial score (nSPS) is 15.1. The molecule has 0 aromatic heterocycles. The average molecular weight is 355 g/mol. The molecule has 5 heteroatoms. The molecule has 0 bridgehead atoms. The molecule has 26 heavy (non-hydrogen) atoms. The van der Waals surface area contributed by atoms with Crippen LogP contribution in [0.25, 0.3) is 0 Å². The molecular formula is C21H25NO4. The summed E-state index contributed by atoms with van der Waals surface area (Å²) in [6.45, 7) is 8.86. The van der Waals surface area contributed by atoms with Crippen LogP contribution in [0.2, 0.25) is 0 Å². The molecule has 1 N–H and O–H groups in total. The number of nitrogens with one attached hydrogen (secondary N) is 1. The van der Waals surface area contributed by atoms with E-state index in [-0.39, 0.29) is 11.9 Å². The second-order valence-electron chi connectivity index (χ2n) is 6.64. The van der Waals surface area contributed by atoms with Gasteiger partial charge in [0.25, 0.3) is 5.91 Å². The number of hydrogen-bond donors (Lipinski definition) is 1. The summed E-state index contributed by atoms with van der Waals surface area (Å²) >= 11 is 0. The van der Waals surface area contributed by atoms with Gasteiger partial charge in [0, 0.05) is 0 Å². The van der Waals surface area contributed by atoms with E-state index in [4.69, 9.17) is 14.2 Å². The van der Waals surface area contributed by atoms with Gasteiger partial charge in [-0.2, -0.15) is 0 Å². The Morgan fingerprint density at radius 1 is 1.00 bits per heavy atom. The Kier molecular flexibility index (Phi) is 5.35. The third kappa shape index (κ3) is 4.10. The molecule has 1 aliphatic rings. The molecule has 0 fully saturated rings. The molecule has 1 amide bonds. The Morgan fingerprint density at radius 3 is 2.46 bits per heavy atom. The SMILES string of the molecule is Cc1ccc(O[C@H](C)C(=O)N[C@@H](C)c2ccc3c(c2)OCCO3)cc1C. The van der Waals surface area contributed by atoms with E-state index in [0.717, 1.165) is 16.9 Å². The molecule has 1 heterocycles. The first-order valence-corrected chi connectivity index (χ1v) is 8.88. The summed E-state index contributed by atoms with van der Waals surface area (Å²) in [7, 11) is 0. The van der Waals surface area contributed by atoms with Gasteiger partial charge in [0.2, 0.25) is 0 Å². The van der Waals surface area contributed by atoms with Crippen LogP contribution in [-0.4, -0.2) is 25.2 Å². The molecule has 0 unspecified atom stereocenters. The minimum Gasteiger partial charge on any atom is -0.486 e. The number of aryl methyl sites for hydroxylation is 2. The Morgan fingerprint density at radius 2 is 1.73 bits per heavy atom. The number of carbonyl (C=O) groups is 1. The molecular weight excluding hydrogens is 330 g/mol. The molecule has 2 aromatic carbocycles. The number of amides is 1. The molecule has 1 aliphatic heterocycles. The van der Waals surface area contributed by atoms with Crippen molar-refractivity contribution in [2.24, 2.45) is 0 Å².